The van der Waals surface area contributed by atoms with Crippen LogP contribution in [0.4, 0.5) is 4.39 Å². The zero-order chi connectivity index (χ0) is 9.84. The van der Waals surface area contributed by atoms with Gasteiger partial charge in [-0.25, -0.2) is 4.39 Å². The number of halogens is 3. The van der Waals surface area contributed by atoms with Crippen molar-refractivity contribution in [3.05, 3.63) is 40.2 Å². The van der Waals surface area contributed by atoms with Crippen LogP contribution in [0.25, 0.3) is 6.08 Å². The Kier molecular flexibility index (Phi) is 3.76. The Hall–Kier alpha value is -0.530. The highest BCUT2D eigenvalue weighted by Gasteiger charge is 1.98. The van der Waals surface area contributed by atoms with Crippen LogP contribution in [0.15, 0.2) is 23.8 Å². The molecule has 0 aliphatic rings. The van der Waals surface area contributed by atoms with Crippen molar-refractivity contribution >= 4 is 29.3 Å². The fourth-order valence-electron chi connectivity index (χ4n) is 0.925. The monoisotopic (exact) mass is 218 g/mol. The van der Waals surface area contributed by atoms with Crippen LogP contribution in [0.5, 0.6) is 0 Å². The average molecular weight is 219 g/mol. The number of hydrogen-bond acceptors (Lipinski definition) is 0. The van der Waals surface area contributed by atoms with Crippen LogP contribution in [-0.2, 0) is 0 Å². The summed E-state index contributed by atoms with van der Waals surface area (Å²) in [6, 6.07) is 4.67. The minimum atomic E-state index is -0.405. The summed E-state index contributed by atoms with van der Waals surface area (Å²) in [4.78, 5) is 0. The van der Waals surface area contributed by atoms with Crippen LogP contribution in [-0.4, -0.2) is 5.88 Å². The highest BCUT2D eigenvalue weighted by atomic mass is 35.5. The van der Waals surface area contributed by atoms with Gasteiger partial charge in [0.1, 0.15) is 5.82 Å². The molecule has 0 bridgehead atoms. The Morgan fingerprint density at radius 3 is 2.77 bits per heavy atom. The first-order valence-corrected chi connectivity index (χ1v) is 4.73. The second-order valence-electron chi connectivity index (χ2n) is 2.80. The second kappa shape index (κ2) is 4.64. The lowest BCUT2D eigenvalue weighted by Gasteiger charge is -1.98. The Bertz CT molecular complexity index is 332. The zero-order valence-electron chi connectivity index (χ0n) is 7.15. The standard InChI is InChI=1S/C10H9Cl2F/c1-7(6-11)4-8-2-3-9(12)10(13)5-8/h2-5H,6H2,1H3. The van der Waals surface area contributed by atoms with Gasteiger partial charge >= 0.3 is 0 Å². The van der Waals surface area contributed by atoms with Gasteiger partial charge in [-0.1, -0.05) is 29.3 Å². The predicted molar refractivity (Wildman–Crippen MR) is 55.8 cm³/mol. The summed E-state index contributed by atoms with van der Waals surface area (Å²) in [5.74, 6) is 0.0438. The summed E-state index contributed by atoms with van der Waals surface area (Å²) in [6.07, 6.45) is 1.83. The van der Waals surface area contributed by atoms with E-state index in [2.05, 4.69) is 0 Å². The van der Waals surface area contributed by atoms with E-state index in [-0.39, 0.29) is 5.02 Å². The molecular weight excluding hydrogens is 210 g/mol. The third-order valence-electron chi connectivity index (χ3n) is 1.57. The normalized spacial score (nSPS) is 11.8. The second-order valence-corrected chi connectivity index (χ2v) is 3.47. The SMILES string of the molecule is CC(=Cc1ccc(Cl)c(F)c1)CCl. The van der Waals surface area contributed by atoms with Crippen molar-refractivity contribution in [2.75, 3.05) is 5.88 Å². The van der Waals surface area contributed by atoms with Gasteiger partial charge in [-0.05, 0) is 24.6 Å². The third kappa shape index (κ3) is 3.02. The minimum absolute atomic E-state index is 0.140. The van der Waals surface area contributed by atoms with Crippen LogP contribution < -0.4 is 0 Å². The quantitative estimate of drug-likeness (QED) is 0.656. The summed E-state index contributed by atoms with van der Waals surface area (Å²) in [7, 11) is 0. The van der Waals surface area contributed by atoms with Gasteiger partial charge in [0.25, 0.3) is 0 Å². The van der Waals surface area contributed by atoms with Crippen LogP contribution >= 0.6 is 23.2 Å². The maximum Gasteiger partial charge on any atom is 0.142 e. The Labute approximate surface area is 87.0 Å². The molecule has 0 aromatic heterocycles. The maximum absolute atomic E-state index is 12.9. The van der Waals surface area contributed by atoms with E-state index >= 15 is 0 Å². The number of alkyl halides is 1. The summed E-state index contributed by atoms with van der Waals surface area (Å²) in [5.41, 5.74) is 1.77. The molecule has 3 heteroatoms. The fourth-order valence-corrected chi connectivity index (χ4v) is 1.12. The largest absolute Gasteiger partial charge is 0.205 e. The maximum atomic E-state index is 12.9. The molecule has 0 saturated heterocycles. The van der Waals surface area contributed by atoms with Crippen molar-refractivity contribution in [2.24, 2.45) is 0 Å². The molecule has 0 N–H and O–H groups in total. The molecule has 0 atom stereocenters. The molecule has 0 nitrogen and oxygen atoms in total. The lowest BCUT2D eigenvalue weighted by Crippen LogP contribution is -1.81. The van der Waals surface area contributed by atoms with Crippen molar-refractivity contribution in [3.8, 4) is 0 Å². The van der Waals surface area contributed by atoms with Gasteiger partial charge in [0, 0.05) is 5.88 Å². The van der Waals surface area contributed by atoms with Gasteiger partial charge in [-0.3, -0.25) is 0 Å². The molecule has 0 saturated carbocycles. The Balaban J connectivity index is 2.98. The molecule has 0 aliphatic carbocycles. The van der Waals surface area contributed by atoms with Crippen LogP contribution in [0, 0.1) is 5.82 Å². The van der Waals surface area contributed by atoms with Crippen LogP contribution in [0.1, 0.15) is 12.5 Å². The predicted octanol–water partition coefficient (Wildman–Crippen LogP) is 4.12. The van der Waals surface area contributed by atoms with E-state index in [0.717, 1.165) is 11.1 Å². The molecule has 70 valence electrons. The van der Waals surface area contributed by atoms with Crippen LogP contribution in [0.2, 0.25) is 5.02 Å². The molecule has 0 radical (unpaired) electrons. The van der Waals surface area contributed by atoms with Crippen LogP contribution in [0.3, 0.4) is 0 Å². The fraction of sp³-hybridized carbons (Fsp3) is 0.200. The van der Waals surface area contributed by atoms with Gasteiger partial charge in [-0.2, -0.15) is 0 Å². The first kappa shape index (κ1) is 10.6. The molecule has 0 fully saturated rings. The summed E-state index contributed by atoms with van der Waals surface area (Å²) in [6.45, 7) is 1.89. The van der Waals surface area contributed by atoms with E-state index in [0.29, 0.717) is 5.88 Å². The number of hydrogen-bond donors (Lipinski definition) is 0. The Morgan fingerprint density at radius 1 is 1.54 bits per heavy atom. The van der Waals surface area contributed by atoms with Crippen molar-refractivity contribution in [1.82, 2.24) is 0 Å². The lowest BCUT2D eigenvalue weighted by molar-refractivity contribution is 0.628. The topological polar surface area (TPSA) is 0 Å². The van der Waals surface area contributed by atoms with Crippen molar-refractivity contribution in [1.29, 1.82) is 0 Å². The zero-order valence-corrected chi connectivity index (χ0v) is 8.66. The molecule has 1 rings (SSSR count). The molecule has 1 aromatic rings. The van der Waals surface area contributed by atoms with Gasteiger partial charge in [0.15, 0.2) is 0 Å². The molecule has 0 amide bonds. The van der Waals surface area contributed by atoms with Gasteiger partial charge < -0.3 is 0 Å². The van der Waals surface area contributed by atoms with E-state index in [9.17, 15) is 4.39 Å². The van der Waals surface area contributed by atoms with E-state index in [1.54, 1.807) is 6.07 Å². The molecule has 13 heavy (non-hydrogen) atoms. The van der Waals surface area contributed by atoms with E-state index in [4.69, 9.17) is 23.2 Å². The smallest absolute Gasteiger partial charge is 0.142 e. The molecule has 0 unspecified atom stereocenters. The van der Waals surface area contributed by atoms with Gasteiger partial charge in [0.05, 0.1) is 5.02 Å². The highest BCUT2D eigenvalue weighted by Crippen LogP contribution is 2.17. The van der Waals surface area contributed by atoms with Crippen molar-refractivity contribution in [3.63, 3.8) is 0 Å². The highest BCUT2D eigenvalue weighted by molar-refractivity contribution is 6.30. The first-order chi connectivity index (χ1) is 6.13. The molecule has 1 aromatic carbocycles. The summed E-state index contributed by atoms with van der Waals surface area (Å²) < 4.78 is 12.9. The average Bonchev–Trinajstić information content (AvgIpc) is 2.11. The van der Waals surface area contributed by atoms with E-state index in [1.807, 2.05) is 13.0 Å². The number of rotatable bonds is 2. The first-order valence-electron chi connectivity index (χ1n) is 3.81. The lowest BCUT2D eigenvalue weighted by atomic mass is 10.1. The Morgan fingerprint density at radius 2 is 2.23 bits per heavy atom. The number of allylic oxidation sites excluding steroid dienone is 1. The summed E-state index contributed by atoms with van der Waals surface area (Å²) in [5, 5.41) is 0.140. The minimum Gasteiger partial charge on any atom is -0.205 e. The molecular formula is C10H9Cl2F. The third-order valence-corrected chi connectivity index (χ3v) is 2.30. The van der Waals surface area contributed by atoms with Crippen molar-refractivity contribution in [2.45, 2.75) is 6.92 Å². The summed E-state index contributed by atoms with van der Waals surface area (Å²) >= 11 is 11.1. The number of benzene rings is 1. The molecule has 0 spiro atoms. The van der Waals surface area contributed by atoms with E-state index in [1.165, 1.54) is 12.1 Å². The van der Waals surface area contributed by atoms with Gasteiger partial charge in [-0.15, -0.1) is 11.6 Å². The van der Waals surface area contributed by atoms with Gasteiger partial charge in [0.2, 0.25) is 0 Å². The van der Waals surface area contributed by atoms with Crippen molar-refractivity contribution < 1.29 is 4.39 Å². The molecule has 0 aliphatic heterocycles. The molecule has 0 heterocycles. The van der Waals surface area contributed by atoms with E-state index < -0.39 is 5.82 Å².